The van der Waals surface area contributed by atoms with Crippen LogP contribution >= 0.6 is 0 Å². The number of carbonyl (C=O) groups excluding carboxylic acids is 1. The fraction of sp³-hybridized carbons (Fsp3) is 0.308. The first-order valence-electron chi connectivity index (χ1n) is 6.65. The molecule has 0 saturated carbocycles. The molecule has 9 heteroatoms. The maximum absolute atomic E-state index is 12.0. The van der Waals surface area contributed by atoms with Crippen molar-refractivity contribution < 1.29 is 14.7 Å². The monoisotopic (exact) mass is 303 g/mol. The third kappa shape index (κ3) is 1.98. The van der Waals surface area contributed by atoms with E-state index < -0.39 is 11.9 Å². The molecule has 0 aliphatic heterocycles. The number of rotatable bonds is 3. The van der Waals surface area contributed by atoms with E-state index in [1.165, 1.54) is 6.92 Å². The maximum atomic E-state index is 12.0. The highest BCUT2D eigenvalue weighted by molar-refractivity contribution is 6.03. The first-order valence-corrected chi connectivity index (χ1v) is 6.65. The zero-order chi connectivity index (χ0) is 16.0. The standard InChI is InChI=1S/C13H13N5O4/c1-5-8(12(21)22)9(10(14)19)17-18(5)13-15-7-4-2-3-6(7)11(20)16-13/h2-4H2,1H3,(H2,14,19)(H,21,22)(H,15,16,20). The van der Waals surface area contributed by atoms with Gasteiger partial charge in [0.2, 0.25) is 5.95 Å². The van der Waals surface area contributed by atoms with E-state index >= 15 is 0 Å². The zero-order valence-electron chi connectivity index (χ0n) is 11.7. The van der Waals surface area contributed by atoms with Crippen LogP contribution < -0.4 is 11.3 Å². The number of aromatic amines is 1. The molecule has 2 aromatic heterocycles. The van der Waals surface area contributed by atoms with E-state index in [1.54, 1.807) is 0 Å². The van der Waals surface area contributed by atoms with Crippen molar-refractivity contribution in [3.05, 3.63) is 38.6 Å². The molecule has 1 aliphatic rings. The normalized spacial score (nSPS) is 13.1. The fourth-order valence-corrected chi connectivity index (χ4v) is 2.67. The lowest BCUT2D eigenvalue weighted by atomic mass is 10.2. The maximum Gasteiger partial charge on any atom is 0.340 e. The van der Waals surface area contributed by atoms with Crippen LogP contribution in [-0.4, -0.2) is 36.7 Å². The van der Waals surface area contributed by atoms with Crippen molar-refractivity contribution in [3.8, 4) is 5.95 Å². The summed E-state index contributed by atoms with van der Waals surface area (Å²) >= 11 is 0. The van der Waals surface area contributed by atoms with Crippen LogP contribution in [0.3, 0.4) is 0 Å². The van der Waals surface area contributed by atoms with Gasteiger partial charge in [0.15, 0.2) is 5.69 Å². The summed E-state index contributed by atoms with van der Waals surface area (Å²) in [7, 11) is 0. The van der Waals surface area contributed by atoms with Gasteiger partial charge in [-0.15, -0.1) is 0 Å². The average Bonchev–Trinajstić information content (AvgIpc) is 3.02. The number of aromatic carboxylic acids is 1. The molecule has 114 valence electrons. The number of amides is 1. The molecule has 4 N–H and O–H groups in total. The predicted octanol–water partition coefficient (Wildman–Crippen LogP) is -0.450. The number of carboxylic acids is 1. The minimum atomic E-state index is -1.32. The molecule has 0 atom stereocenters. The third-order valence-corrected chi connectivity index (χ3v) is 3.69. The summed E-state index contributed by atoms with van der Waals surface area (Å²) in [6, 6.07) is 0. The van der Waals surface area contributed by atoms with Crippen LogP contribution in [0.4, 0.5) is 0 Å². The Morgan fingerprint density at radius 3 is 2.68 bits per heavy atom. The second-order valence-corrected chi connectivity index (χ2v) is 5.06. The Morgan fingerprint density at radius 2 is 2.09 bits per heavy atom. The minimum Gasteiger partial charge on any atom is -0.478 e. The molecule has 1 aliphatic carbocycles. The number of H-pyrrole nitrogens is 1. The highest BCUT2D eigenvalue weighted by atomic mass is 16.4. The zero-order valence-corrected chi connectivity index (χ0v) is 11.7. The Labute approximate surface area is 123 Å². The van der Waals surface area contributed by atoms with E-state index in [0.29, 0.717) is 24.1 Å². The van der Waals surface area contributed by atoms with Gasteiger partial charge in [0.25, 0.3) is 11.5 Å². The van der Waals surface area contributed by atoms with Crippen LogP contribution in [0.5, 0.6) is 0 Å². The summed E-state index contributed by atoms with van der Waals surface area (Å²) in [6.45, 7) is 1.47. The number of hydrogen-bond acceptors (Lipinski definition) is 5. The number of carbonyl (C=O) groups is 2. The number of nitrogens with two attached hydrogens (primary N) is 1. The van der Waals surface area contributed by atoms with Gasteiger partial charge in [-0.1, -0.05) is 0 Å². The number of aryl methyl sites for hydroxylation is 1. The molecule has 0 radical (unpaired) electrons. The second-order valence-electron chi connectivity index (χ2n) is 5.06. The minimum absolute atomic E-state index is 0.0816. The molecule has 3 rings (SSSR count). The van der Waals surface area contributed by atoms with Gasteiger partial charge in [-0.25, -0.2) is 14.5 Å². The Balaban J connectivity index is 2.24. The number of nitrogens with one attached hydrogen (secondary N) is 1. The van der Waals surface area contributed by atoms with Crippen molar-refractivity contribution in [2.24, 2.45) is 5.73 Å². The fourth-order valence-electron chi connectivity index (χ4n) is 2.67. The molecule has 1 amide bonds. The third-order valence-electron chi connectivity index (χ3n) is 3.69. The van der Waals surface area contributed by atoms with Crippen LogP contribution in [-0.2, 0) is 12.8 Å². The summed E-state index contributed by atoms with van der Waals surface area (Å²) in [6.07, 6.45) is 2.20. The van der Waals surface area contributed by atoms with Gasteiger partial charge < -0.3 is 10.8 Å². The molecule has 2 aromatic rings. The van der Waals surface area contributed by atoms with Crippen LogP contribution in [0.2, 0.25) is 0 Å². The second kappa shape index (κ2) is 4.79. The highest BCUT2D eigenvalue weighted by Gasteiger charge is 2.26. The number of primary amides is 1. The van der Waals surface area contributed by atoms with Crippen molar-refractivity contribution in [1.29, 1.82) is 0 Å². The summed E-state index contributed by atoms with van der Waals surface area (Å²) in [5, 5.41) is 13.1. The van der Waals surface area contributed by atoms with Crippen molar-refractivity contribution in [2.45, 2.75) is 26.2 Å². The van der Waals surface area contributed by atoms with E-state index in [2.05, 4.69) is 15.1 Å². The summed E-state index contributed by atoms with van der Waals surface area (Å²) in [4.78, 5) is 41.6. The van der Waals surface area contributed by atoms with Gasteiger partial charge in [-0.3, -0.25) is 14.6 Å². The Kier molecular flexibility index (Phi) is 3.05. The number of nitrogens with zero attached hydrogens (tertiary/aromatic N) is 3. The largest absolute Gasteiger partial charge is 0.478 e. The van der Waals surface area contributed by atoms with Crippen molar-refractivity contribution in [3.63, 3.8) is 0 Å². The quantitative estimate of drug-likeness (QED) is 0.700. The molecule has 0 fully saturated rings. The van der Waals surface area contributed by atoms with E-state index in [-0.39, 0.29) is 28.5 Å². The molecular formula is C13H13N5O4. The van der Waals surface area contributed by atoms with Crippen LogP contribution in [0.25, 0.3) is 5.95 Å². The lowest BCUT2D eigenvalue weighted by Crippen LogP contribution is -2.19. The van der Waals surface area contributed by atoms with Crippen molar-refractivity contribution >= 4 is 11.9 Å². The lowest BCUT2D eigenvalue weighted by molar-refractivity contribution is 0.0691. The van der Waals surface area contributed by atoms with Gasteiger partial charge in [-0.05, 0) is 26.2 Å². The predicted molar refractivity (Wildman–Crippen MR) is 74.2 cm³/mol. The first kappa shape index (κ1) is 14.0. The molecule has 0 unspecified atom stereocenters. The van der Waals surface area contributed by atoms with Gasteiger partial charge in [-0.2, -0.15) is 5.10 Å². The highest BCUT2D eigenvalue weighted by Crippen LogP contribution is 2.19. The number of carboxylic acid groups (broad SMARTS) is 1. The van der Waals surface area contributed by atoms with Crippen LogP contribution in [0, 0.1) is 6.92 Å². The molecule has 0 bridgehead atoms. The Hall–Kier alpha value is -2.97. The molecular weight excluding hydrogens is 290 g/mol. The number of fused-ring (bicyclic) bond motifs is 1. The summed E-state index contributed by atoms with van der Waals surface area (Å²) in [5.74, 6) is -2.19. The van der Waals surface area contributed by atoms with Crippen molar-refractivity contribution in [1.82, 2.24) is 19.7 Å². The van der Waals surface area contributed by atoms with Crippen LogP contribution in [0.15, 0.2) is 4.79 Å². The lowest BCUT2D eigenvalue weighted by Gasteiger charge is -2.05. The Morgan fingerprint density at radius 1 is 1.36 bits per heavy atom. The average molecular weight is 303 g/mol. The van der Waals surface area contributed by atoms with Crippen molar-refractivity contribution in [2.75, 3.05) is 0 Å². The number of hydrogen-bond donors (Lipinski definition) is 3. The van der Waals surface area contributed by atoms with Gasteiger partial charge >= 0.3 is 5.97 Å². The molecule has 22 heavy (non-hydrogen) atoms. The van der Waals surface area contributed by atoms with Gasteiger partial charge in [0, 0.05) is 5.56 Å². The molecule has 0 spiro atoms. The Bertz CT molecular complexity index is 864. The van der Waals surface area contributed by atoms with E-state index in [0.717, 1.165) is 11.1 Å². The SMILES string of the molecule is Cc1c(C(=O)O)c(C(N)=O)nn1-c1nc2c(c(=O)[nH]1)CCC2. The van der Waals surface area contributed by atoms with E-state index in [4.69, 9.17) is 5.73 Å². The van der Waals surface area contributed by atoms with E-state index in [1.807, 2.05) is 0 Å². The molecule has 0 saturated heterocycles. The molecule has 2 heterocycles. The molecule has 9 nitrogen and oxygen atoms in total. The summed E-state index contributed by atoms with van der Waals surface area (Å²) in [5.41, 5.74) is 5.71. The smallest absolute Gasteiger partial charge is 0.340 e. The van der Waals surface area contributed by atoms with Gasteiger partial charge in [0.05, 0.1) is 11.4 Å². The topological polar surface area (TPSA) is 144 Å². The first-order chi connectivity index (χ1) is 10.4. The molecule has 0 aromatic carbocycles. The van der Waals surface area contributed by atoms with Gasteiger partial charge in [0.1, 0.15) is 5.56 Å². The number of aromatic nitrogens is 4. The van der Waals surface area contributed by atoms with Crippen LogP contribution in [0.1, 0.15) is 44.2 Å². The summed E-state index contributed by atoms with van der Waals surface area (Å²) < 4.78 is 1.13. The van der Waals surface area contributed by atoms with E-state index in [9.17, 15) is 19.5 Å².